The van der Waals surface area contributed by atoms with Gasteiger partial charge in [-0.05, 0) is 19.9 Å². The smallest absolute Gasteiger partial charge is 0.255 e. The molecule has 2 aromatic rings. The highest BCUT2D eigenvalue weighted by Crippen LogP contribution is 2.15. The quantitative estimate of drug-likeness (QED) is 0.867. The number of nitrogens with one attached hydrogen (secondary N) is 2. The van der Waals surface area contributed by atoms with Crippen LogP contribution in [-0.4, -0.2) is 32.2 Å². The lowest BCUT2D eigenvalue weighted by atomic mass is 10.2. The van der Waals surface area contributed by atoms with Gasteiger partial charge < -0.3 is 15.2 Å². The average molecular weight is 292 g/mol. The number of carbonyl (C=O) groups excluding carboxylic acids is 1. The summed E-state index contributed by atoms with van der Waals surface area (Å²) in [7, 11) is 1.78. The van der Waals surface area contributed by atoms with Crippen molar-refractivity contribution in [1.29, 1.82) is 0 Å². The summed E-state index contributed by atoms with van der Waals surface area (Å²) in [6, 6.07) is 0.798. The van der Waals surface area contributed by atoms with Gasteiger partial charge in [-0.15, -0.1) is 10.2 Å². The van der Waals surface area contributed by atoms with Crippen molar-refractivity contribution in [1.82, 2.24) is 25.1 Å². The number of carbonyl (C=O) groups is 1. The lowest BCUT2D eigenvalue weighted by Crippen LogP contribution is -2.29. The van der Waals surface area contributed by atoms with Crippen LogP contribution in [0.3, 0.4) is 0 Å². The summed E-state index contributed by atoms with van der Waals surface area (Å²) >= 11 is 0. The summed E-state index contributed by atoms with van der Waals surface area (Å²) in [6.45, 7) is 4.23. The number of anilines is 1. The molecule has 1 amide bonds. The molecule has 21 heavy (non-hydrogen) atoms. The Hall–Kier alpha value is -2.51. The zero-order valence-electron chi connectivity index (χ0n) is 12.1. The average Bonchev–Trinajstić information content (AvgIpc) is 2.87. The zero-order valence-corrected chi connectivity index (χ0v) is 12.1. The standard InChI is InChI=1S/C13H17FN6O/c1-4-15-11-10(5-9(14)6-16-11)13(21)18-8(2)12-19-17-7-20(12)3/h5-8H,4H2,1-3H3,(H,15,16)(H,18,21). The molecule has 0 radical (unpaired) electrons. The number of hydrogen-bond donors (Lipinski definition) is 2. The number of halogens is 1. The molecule has 0 aliphatic carbocycles. The minimum atomic E-state index is -0.562. The molecule has 0 aliphatic rings. The van der Waals surface area contributed by atoms with E-state index >= 15 is 0 Å². The van der Waals surface area contributed by atoms with Crippen molar-refractivity contribution in [2.45, 2.75) is 19.9 Å². The molecule has 2 rings (SSSR count). The minimum absolute atomic E-state index is 0.158. The number of aryl methyl sites for hydroxylation is 1. The van der Waals surface area contributed by atoms with Crippen LogP contribution in [0.1, 0.15) is 36.1 Å². The van der Waals surface area contributed by atoms with Crippen LogP contribution in [0, 0.1) is 5.82 Å². The number of aromatic nitrogens is 4. The van der Waals surface area contributed by atoms with Gasteiger partial charge in [-0.2, -0.15) is 0 Å². The first kappa shape index (κ1) is 14.9. The van der Waals surface area contributed by atoms with E-state index in [2.05, 4.69) is 25.8 Å². The van der Waals surface area contributed by atoms with Gasteiger partial charge in [0.1, 0.15) is 18.0 Å². The molecule has 0 saturated carbocycles. The van der Waals surface area contributed by atoms with E-state index < -0.39 is 11.7 Å². The second-order valence-corrected chi connectivity index (χ2v) is 4.58. The minimum Gasteiger partial charge on any atom is -0.370 e. The van der Waals surface area contributed by atoms with Crippen LogP contribution in [0.15, 0.2) is 18.6 Å². The second-order valence-electron chi connectivity index (χ2n) is 4.58. The van der Waals surface area contributed by atoms with E-state index in [1.807, 2.05) is 6.92 Å². The largest absolute Gasteiger partial charge is 0.370 e. The fourth-order valence-corrected chi connectivity index (χ4v) is 1.94. The first-order valence-corrected chi connectivity index (χ1v) is 6.57. The molecule has 0 aromatic carbocycles. The SMILES string of the molecule is CCNc1ncc(F)cc1C(=O)NC(C)c1nncn1C. The number of nitrogens with zero attached hydrogens (tertiary/aromatic N) is 4. The third-order valence-electron chi connectivity index (χ3n) is 2.92. The molecule has 0 fully saturated rings. The number of hydrogen-bond acceptors (Lipinski definition) is 5. The van der Waals surface area contributed by atoms with Crippen molar-refractivity contribution >= 4 is 11.7 Å². The van der Waals surface area contributed by atoms with Gasteiger partial charge in [-0.3, -0.25) is 4.79 Å². The highest BCUT2D eigenvalue weighted by molar-refractivity contribution is 5.98. The number of pyridine rings is 1. The van der Waals surface area contributed by atoms with Crippen LogP contribution >= 0.6 is 0 Å². The maximum Gasteiger partial charge on any atom is 0.255 e. The summed E-state index contributed by atoms with van der Waals surface area (Å²) in [5, 5.41) is 13.4. The fraction of sp³-hybridized carbons (Fsp3) is 0.385. The topological polar surface area (TPSA) is 84.7 Å². The van der Waals surface area contributed by atoms with Gasteiger partial charge in [0.2, 0.25) is 0 Å². The van der Waals surface area contributed by atoms with Crippen LogP contribution in [0.5, 0.6) is 0 Å². The molecule has 0 spiro atoms. The molecule has 112 valence electrons. The highest BCUT2D eigenvalue weighted by Gasteiger charge is 2.19. The molecule has 1 unspecified atom stereocenters. The Morgan fingerprint density at radius 2 is 2.29 bits per heavy atom. The Morgan fingerprint density at radius 1 is 1.52 bits per heavy atom. The Balaban J connectivity index is 2.20. The third kappa shape index (κ3) is 3.33. The van der Waals surface area contributed by atoms with Crippen molar-refractivity contribution in [2.75, 3.05) is 11.9 Å². The van der Waals surface area contributed by atoms with Crippen molar-refractivity contribution in [2.24, 2.45) is 7.05 Å². The molecule has 7 nitrogen and oxygen atoms in total. The first-order chi connectivity index (χ1) is 10.0. The summed E-state index contributed by atoms with van der Waals surface area (Å²) in [5.41, 5.74) is 0.158. The molecule has 0 saturated heterocycles. The predicted molar refractivity (Wildman–Crippen MR) is 75.2 cm³/mol. The van der Waals surface area contributed by atoms with Crippen LogP contribution in [0.2, 0.25) is 0 Å². The predicted octanol–water partition coefficient (Wildman–Crippen LogP) is 1.27. The van der Waals surface area contributed by atoms with E-state index in [9.17, 15) is 9.18 Å². The van der Waals surface area contributed by atoms with Crippen LogP contribution in [-0.2, 0) is 7.05 Å². The first-order valence-electron chi connectivity index (χ1n) is 6.57. The number of rotatable bonds is 5. The van der Waals surface area contributed by atoms with Gasteiger partial charge in [-0.25, -0.2) is 9.37 Å². The Bertz CT molecular complexity index is 641. The molecule has 2 aromatic heterocycles. The molecule has 1 atom stereocenters. The maximum absolute atomic E-state index is 13.3. The van der Waals surface area contributed by atoms with Crippen molar-refractivity contribution < 1.29 is 9.18 Å². The molecule has 2 N–H and O–H groups in total. The molecule has 2 heterocycles. The fourth-order valence-electron chi connectivity index (χ4n) is 1.94. The lowest BCUT2D eigenvalue weighted by molar-refractivity contribution is 0.0938. The monoisotopic (exact) mass is 292 g/mol. The third-order valence-corrected chi connectivity index (χ3v) is 2.92. The van der Waals surface area contributed by atoms with E-state index in [1.54, 1.807) is 24.9 Å². The Kier molecular flexibility index (Phi) is 4.46. The van der Waals surface area contributed by atoms with Crippen molar-refractivity contribution in [3.05, 3.63) is 35.8 Å². The Labute approximate surface area is 121 Å². The van der Waals surface area contributed by atoms with E-state index in [4.69, 9.17) is 0 Å². The summed E-state index contributed by atoms with van der Waals surface area (Å²) < 4.78 is 15.0. The molecular weight excluding hydrogens is 275 g/mol. The molecular formula is C13H17FN6O. The van der Waals surface area contributed by atoms with Crippen LogP contribution in [0.25, 0.3) is 0 Å². The van der Waals surface area contributed by atoms with Gasteiger partial charge in [0, 0.05) is 13.6 Å². The van der Waals surface area contributed by atoms with E-state index in [0.29, 0.717) is 18.2 Å². The van der Waals surface area contributed by atoms with Gasteiger partial charge in [0.25, 0.3) is 5.91 Å². The van der Waals surface area contributed by atoms with Crippen LogP contribution in [0.4, 0.5) is 10.2 Å². The number of amides is 1. The summed E-state index contributed by atoms with van der Waals surface area (Å²) in [6.07, 6.45) is 2.62. The normalized spacial score (nSPS) is 12.0. The highest BCUT2D eigenvalue weighted by atomic mass is 19.1. The van der Waals surface area contributed by atoms with Gasteiger partial charge in [0.05, 0.1) is 17.8 Å². The van der Waals surface area contributed by atoms with E-state index in [1.165, 1.54) is 0 Å². The molecule has 8 heteroatoms. The van der Waals surface area contributed by atoms with Gasteiger partial charge >= 0.3 is 0 Å². The van der Waals surface area contributed by atoms with Gasteiger partial charge in [0.15, 0.2) is 5.82 Å². The van der Waals surface area contributed by atoms with E-state index in [0.717, 1.165) is 12.3 Å². The van der Waals surface area contributed by atoms with Gasteiger partial charge in [-0.1, -0.05) is 0 Å². The summed E-state index contributed by atoms with van der Waals surface area (Å²) in [5.74, 6) is -0.0270. The molecule has 0 bridgehead atoms. The Morgan fingerprint density at radius 3 is 2.90 bits per heavy atom. The van der Waals surface area contributed by atoms with E-state index in [-0.39, 0.29) is 11.6 Å². The molecule has 0 aliphatic heterocycles. The van der Waals surface area contributed by atoms with Crippen molar-refractivity contribution in [3.8, 4) is 0 Å². The lowest BCUT2D eigenvalue weighted by Gasteiger charge is -2.15. The van der Waals surface area contributed by atoms with Crippen LogP contribution < -0.4 is 10.6 Å². The summed E-state index contributed by atoms with van der Waals surface area (Å²) in [4.78, 5) is 16.2. The van der Waals surface area contributed by atoms with Crippen molar-refractivity contribution in [3.63, 3.8) is 0 Å². The zero-order chi connectivity index (χ0) is 15.4. The maximum atomic E-state index is 13.3. The second kappa shape index (κ2) is 6.29.